The SMILES string of the molecule is CC(C)(C)c1ccc2c(c1)N(CCCC(=O)NC1CCN(Cc3ccccc3)CC1)C(=O)CO2. The minimum Gasteiger partial charge on any atom is -0.482 e. The van der Waals surface area contributed by atoms with Crippen molar-refractivity contribution in [3.63, 3.8) is 0 Å². The van der Waals surface area contributed by atoms with Crippen LogP contribution >= 0.6 is 0 Å². The first-order valence-corrected chi connectivity index (χ1v) is 12.4. The van der Waals surface area contributed by atoms with Crippen molar-refractivity contribution in [2.45, 2.75) is 64.5 Å². The van der Waals surface area contributed by atoms with E-state index in [1.807, 2.05) is 12.1 Å². The fraction of sp³-hybridized carbons (Fsp3) is 0.500. The monoisotopic (exact) mass is 463 g/mol. The molecule has 0 spiro atoms. The Kier molecular flexibility index (Phi) is 7.57. The molecule has 1 saturated heterocycles. The number of fused-ring (bicyclic) bond motifs is 1. The van der Waals surface area contributed by atoms with Crippen LogP contribution in [0.15, 0.2) is 48.5 Å². The number of hydrogen-bond acceptors (Lipinski definition) is 4. The summed E-state index contributed by atoms with van der Waals surface area (Å²) in [6.07, 6.45) is 3.00. The van der Waals surface area contributed by atoms with Crippen LogP contribution < -0.4 is 15.0 Å². The molecule has 34 heavy (non-hydrogen) atoms. The van der Waals surface area contributed by atoms with Crippen LogP contribution in [0.3, 0.4) is 0 Å². The number of carbonyl (C=O) groups is 2. The van der Waals surface area contributed by atoms with E-state index in [-0.39, 0.29) is 29.9 Å². The van der Waals surface area contributed by atoms with Crippen molar-refractivity contribution in [3.05, 3.63) is 59.7 Å². The Morgan fingerprint density at radius 1 is 1.09 bits per heavy atom. The molecule has 182 valence electrons. The summed E-state index contributed by atoms with van der Waals surface area (Å²) >= 11 is 0. The van der Waals surface area contributed by atoms with Crippen molar-refractivity contribution in [1.82, 2.24) is 10.2 Å². The zero-order chi connectivity index (χ0) is 24.1. The molecule has 2 aromatic rings. The highest BCUT2D eigenvalue weighted by Gasteiger charge is 2.27. The summed E-state index contributed by atoms with van der Waals surface area (Å²) in [7, 11) is 0. The number of nitrogens with one attached hydrogen (secondary N) is 1. The summed E-state index contributed by atoms with van der Waals surface area (Å²) in [6.45, 7) is 9.99. The molecule has 1 fully saturated rings. The predicted molar refractivity (Wildman–Crippen MR) is 135 cm³/mol. The number of anilines is 1. The van der Waals surface area contributed by atoms with Gasteiger partial charge in [-0.1, -0.05) is 57.2 Å². The van der Waals surface area contributed by atoms with Crippen LogP contribution in [0, 0.1) is 0 Å². The first-order chi connectivity index (χ1) is 16.3. The van der Waals surface area contributed by atoms with Gasteiger partial charge in [0, 0.05) is 38.6 Å². The van der Waals surface area contributed by atoms with E-state index in [0.717, 1.165) is 49.5 Å². The fourth-order valence-electron chi connectivity index (χ4n) is 4.69. The maximum atomic E-state index is 12.6. The van der Waals surface area contributed by atoms with Crippen molar-refractivity contribution in [3.8, 4) is 5.75 Å². The summed E-state index contributed by atoms with van der Waals surface area (Å²) in [5, 5.41) is 3.21. The summed E-state index contributed by atoms with van der Waals surface area (Å²) in [4.78, 5) is 29.4. The average Bonchev–Trinajstić information content (AvgIpc) is 2.81. The van der Waals surface area contributed by atoms with Crippen molar-refractivity contribution < 1.29 is 14.3 Å². The molecular weight excluding hydrogens is 426 g/mol. The zero-order valence-electron chi connectivity index (χ0n) is 20.7. The summed E-state index contributed by atoms with van der Waals surface area (Å²) in [5.41, 5.74) is 3.29. The maximum Gasteiger partial charge on any atom is 0.265 e. The largest absolute Gasteiger partial charge is 0.482 e. The van der Waals surface area contributed by atoms with Crippen molar-refractivity contribution in [2.24, 2.45) is 0 Å². The Labute approximate surface area is 203 Å². The van der Waals surface area contributed by atoms with Gasteiger partial charge in [0.25, 0.3) is 5.91 Å². The highest BCUT2D eigenvalue weighted by molar-refractivity contribution is 5.98. The van der Waals surface area contributed by atoms with Gasteiger partial charge < -0.3 is 15.0 Å². The van der Waals surface area contributed by atoms with Crippen LogP contribution in [0.25, 0.3) is 0 Å². The molecule has 2 aromatic carbocycles. The lowest BCUT2D eigenvalue weighted by Crippen LogP contribution is -2.44. The van der Waals surface area contributed by atoms with Gasteiger partial charge in [-0.25, -0.2) is 0 Å². The number of amides is 2. The van der Waals surface area contributed by atoms with Crippen LogP contribution in [0.5, 0.6) is 5.75 Å². The zero-order valence-corrected chi connectivity index (χ0v) is 20.7. The van der Waals surface area contributed by atoms with Crippen LogP contribution in [0.4, 0.5) is 5.69 Å². The molecule has 6 heteroatoms. The predicted octanol–water partition coefficient (Wildman–Crippen LogP) is 4.27. The molecule has 0 saturated carbocycles. The topological polar surface area (TPSA) is 61.9 Å². The molecule has 0 aromatic heterocycles. The fourth-order valence-corrected chi connectivity index (χ4v) is 4.69. The third-order valence-electron chi connectivity index (χ3n) is 6.76. The van der Waals surface area contributed by atoms with Crippen molar-refractivity contribution in [1.29, 1.82) is 0 Å². The third kappa shape index (κ3) is 6.17. The number of hydrogen-bond donors (Lipinski definition) is 1. The summed E-state index contributed by atoms with van der Waals surface area (Å²) in [5.74, 6) is 0.759. The van der Waals surface area contributed by atoms with Crippen LogP contribution in [0.2, 0.25) is 0 Å². The van der Waals surface area contributed by atoms with Crippen LogP contribution in [-0.4, -0.2) is 49.0 Å². The smallest absolute Gasteiger partial charge is 0.265 e. The number of ether oxygens (including phenoxy) is 1. The number of rotatable bonds is 7. The van der Waals surface area contributed by atoms with E-state index in [0.29, 0.717) is 19.4 Å². The second-order valence-corrected chi connectivity index (χ2v) is 10.5. The van der Waals surface area contributed by atoms with E-state index >= 15 is 0 Å². The number of likely N-dealkylation sites (tertiary alicyclic amines) is 1. The van der Waals surface area contributed by atoms with Crippen molar-refractivity contribution in [2.75, 3.05) is 31.1 Å². The normalized spacial score (nSPS) is 17.3. The molecule has 2 heterocycles. The van der Waals surface area contributed by atoms with Gasteiger partial charge in [-0.3, -0.25) is 14.5 Å². The Hall–Kier alpha value is -2.86. The van der Waals surface area contributed by atoms with Gasteiger partial charge in [-0.2, -0.15) is 0 Å². The Bertz CT molecular complexity index is 992. The average molecular weight is 464 g/mol. The lowest BCUT2D eigenvalue weighted by Gasteiger charge is -2.32. The number of carbonyl (C=O) groups excluding carboxylic acids is 2. The van der Waals surface area contributed by atoms with Gasteiger partial charge in [-0.05, 0) is 47.9 Å². The molecule has 0 bridgehead atoms. The van der Waals surface area contributed by atoms with Crippen molar-refractivity contribution >= 4 is 17.5 Å². The molecule has 1 N–H and O–H groups in total. The number of piperidine rings is 1. The third-order valence-corrected chi connectivity index (χ3v) is 6.76. The molecule has 0 radical (unpaired) electrons. The highest BCUT2D eigenvalue weighted by Crippen LogP contribution is 2.36. The van der Waals surface area contributed by atoms with Gasteiger partial charge in [0.2, 0.25) is 5.91 Å². The summed E-state index contributed by atoms with van der Waals surface area (Å²) in [6, 6.07) is 16.8. The van der Waals surface area contributed by atoms with E-state index in [4.69, 9.17) is 4.74 Å². The second-order valence-electron chi connectivity index (χ2n) is 10.5. The minimum atomic E-state index is -0.0512. The molecule has 4 rings (SSSR count). The molecule has 2 amide bonds. The molecule has 2 aliphatic rings. The molecule has 0 atom stereocenters. The van der Waals surface area contributed by atoms with Gasteiger partial charge in [-0.15, -0.1) is 0 Å². The Morgan fingerprint density at radius 3 is 2.53 bits per heavy atom. The van der Waals surface area contributed by atoms with E-state index in [1.165, 1.54) is 5.56 Å². The maximum absolute atomic E-state index is 12.6. The van der Waals surface area contributed by atoms with E-state index in [9.17, 15) is 9.59 Å². The molecule has 2 aliphatic heterocycles. The van der Waals surface area contributed by atoms with Gasteiger partial charge in [0.15, 0.2) is 6.61 Å². The summed E-state index contributed by atoms with van der Waals surface area (Å²) < 4.78 is 5.63. The quantitative estimate of drug-likeness (QED) is 0.666. The number of nitrogens with zero attached hydrogens (tertiary/aromatic N) is 2. The Morgan fingerprint density at radius 2 is 1.82 bits per heavy atom. The first kappa shape index (κ1) is 24.3. The molecule has 0 aliphatic carbocycles. The highest BCUT2D eigenvalue weighted by atomic mass is 16.5. The number of benzene rings is 2. The van der Waals surface area contributed by atoms with Gasteiger partial charge >= 0.3 is 0 Å². The van der Waals surface area contributed by atoms with Gasteiger partial charge in [0.1, 0.15) is 5.75 Å². The van der Waals surface area contributed by atoms with E-state index in [1.54, 1.807) is 4.90 Å². The van der Waals surface area contributed by atoms with Gasteiger partial charge in [0.05, 0.1) is 5.69 Å². The molecular formula is C28H37N3O3. The molecule has 0 unspecified atom stereocenters. The van der Waals surface area contributed by atoms with Crippen LogP contribution in [-0.2, 0) is 21.5 Å². The van der Waals surface area contributed by atoms with E-state index in [2.05, 4.69) is 67.4 Å². The molecule has 6 nitrogen and oxygen atoms in total. The lowest BCUT2D eigenvalue weighted by molar-refractivity contribution is -0.123. The standard InChI is InChI=1S/C28H37N3O3/c1-28(2,3)22-11-12-25-24(18-22)31(27(33)20-34-25)15-7-10-26(32)29-23-13-16-30(17-14-23)19-21-8-5-4-6-9-21/h4-6,8-9,11-12,18,23H,7,10,13-17,19-20H2,1-3H3,(H,29,32). The van der Waals surface area contributed by atoms with Crippen LogP contribution in [0.1, 0.15) is 57.6 Å². The Balaban J connectivity index is 1.23. The minimum absolute atomic E-state index is 0.0161. The first-order valence-electron chi connectivity index (χ1n) is 12.4. The lowest BCUT2D eigenvalue weighted by atomic mass is 9.86. The second kappa shape index (κ2) is 10.6. The van der Waals surface area contributed by atoms with E-state index < -0.39 is 0 Å².